The number of carbonyl (C=O) groups is 2. The number of anilines is 1. The van der Waals surface area contributed by atoms with Crippen LogP contribution in [0.5, 0.6) is 0 Å². The summed E-state index contributed by atoms with van der Waals surface area (Å²) in [6.07, 6.45) is 3.62. The minimum atomic E-state index is -0.990. The quantitative estimate of drug-likeness (QED) is 0.796. The van der Waals surface area contributed by atoms with Crippen LogP contribution in [0.4, 0.5) is 10.5 Å². The predicted molar refractivity (Wildman–Crippen MR) is 81.7 cm³/mol. The van der Waals surface area contributed by atoms with Crippen LogP contribution in [-0.4, -0.2) is 23.7 Å². The third-order valence-electron chi connectivity index (χ3n) is 4.29. The summed E-state index contributed by atoms with van der Waals surface area (Å²) in [5.74, 6) is 0.211. The molecule has 0 bridgehead atoms. The molecule has 1 aliphatic carbocycles. The second-order valence-corrected chi connectivity index (χ2v) is 5.84. The van der Waals surface area contributed by atoms with E-state index in [9.17, 15) is 9.59 Å². The Morgan fingerprint density at radius 2 is 2.10 bits per heavy atom. The van der Waals surface area contributed by atoms with Gasteiger partial charge in [-0.2, -0.15) is 0 Å². The summed E-state index contributed by atoms with van der Waals surface area (Å²) in [6, 6.07) is 4.60. The van der Waals surface area contributed by atoms with E-state index in [4.69, 9.17) is 5.11 Å². The Hall–Kier alpha value is -2.04. The van der Waals surface area contributed by atoms with Crippen LogP contribution in [-0.2, 0) is 0 Å². The number of urea groups is 1. The van der Waals surface area contributed by atoms with E-state index >= 15 is 0 Å². The third-order valence-corrected chi connectivity index (χ3v) is 4.29. The number of rotatable bonds is 4. The Balaban J connectivity index is 1.90. The first-order valence-corrected chi connectivity index (χ1v) is 7.36. The molecular weight excluding hydrogens is 268 g/mol. The van der Waals surface area contributed by atoms with Crippen molar-refractivity contribution in [3.05, 3.63) is 29.3 Å². The van der Waals surface area contributed by atoms with Crippen molar-refractivity contribution < 1.29 is 14.7 Å². The van der Waals surface area contributed by atoms with Crippen molar-refractivity contribution in [3.8, 4) is 0 Å². The molecule has 2 rings (SSSR count). The van der Waals surface area contributed by atoms with Crippen molar-refractivity contribution in [3.63, 3.8) is 0 Å². The number of amides is 2. The first-order chi connectivity index (χ1) is 9.97. The van der Waals surface area contributed by atoms with Crippen LogP contribution >= 0.6 is 0 Å². The Bertz CT molecular complexity index is 542. The highest BCUT2D eigenvalue weighted by atomic mass is 16.4. The summed E-state index contributed by atoms with van der Waals surface area (Å²) >= 11 is 0. The normalized spacial score (nSPS) is 21.0. The molecule has 0 spiro atoms. The van der Waals surface area contributed by atoms with E-state index in [2.05, 4.69) is 17.6 Å². The van der Waals surface area contributed by atoms with Crippen LogP contribution in [0.2, 0.25) is 0 Å². The highest BCUT2D eigenvalue weighted by molar-refractivity contribution is 5.94. The molecule has 1 aromatic rings. The van der Waals surface area contributed by atoms with Crippen molar-refractivity contribution in [2.45, 2.75) is 33.1 Å². The van der Waals surface area contributed by atoms with Gasteiger partial charge in [0.15, 0.2) is 0 Å². The van der Waals surface area contributed by atoms with Gasteiger partial charge in [0.1, 0.15) is 0 Å². The maximum Gasteiger partial charge on any atom is 0.336 e. The molecule has 2 atom stereocenters. The van der Waals surface area contributed by atoms with E-state index < -0.39 is 5.97 Å². The molecule has 2 unspecified atom stereocenters. The highest BCUT2D eigenvalue weighted by Crippen LogP contribution is 2.30. The Kier molecular flexibility index (Phi) is 4.83. The van der Waals surface area contributed by atoms with Crippen LogP contribution in [0, 0.1) is 18.8 Å². The van der Waals surface area contributed by atoms with Crippen LogP contribution in [0.15, 0.2) is 18.2 Å². The molecule has 0 aromatic heterocycles. The maximum atomic E-state index is 11.9. The Labute approximate surface area is 124 Å². The molecule has 1 aliphatic rings. The summed E-state index contributed by atoms with van der Waals surface area (Å²) in [7, 11) is 0. The van der Waals surface area contributed by atoms with Gasteiger partial charge in [0.2, 0.25) is 0 Å². The summed E-state index contributed by atoms with van der Waals surface area (Å²) in [6.45, 7) is 4.62. The second-order valence-electron chi connectivity index (χ2n) is 5.84. The van der Waals surface area contributed by atoms with Crippen molar-refractivity contribution in [1.82, 2.24) is 5.32 Å². The van der Waals surface area contributed by atoms with E-state index in [0.29, 0.717) is 29.6 Å². The van der Waals surface area contributed by atoms with Gasteiger partial charge >= 0.3 is 12.0 Å². The zero-order chi connectivity index (χ0) is 15.4. The Morgan fingerprint density at radius 1 is 1.33 bits per heavy atom. The SMILES string of the molecule is Cc1ccc(NC(=O)NCC2CCCC2C)cc1C(=O)O. The van der Waals surface area contributed by atoms with E-state index in [1.807, 2.05) is 0 Å². The van der Waals surface area contributed by atoms with Crippen molar-refractivity contribution in [2.75, 3.05) is 11.9 Å². The average molecular weight is 290 g/mol. The fraction of sp³-hybridized carbons (Fsp3) is 0.500. The molecule has 0 radical (unpaired) electrons. The van der Waals surface area contributed by atoms with Gasteiger partial charge < -0.3 is 15.7 Å². The standard InChI is InChI=1S/C16H22N2O3/c1-10-4-3-5-12(10)9-17-16(21)18-13-7-6-11(2)14(8-13)15(19)20/h6-8,10,12H,3-5,9H2,1-2H3,(H,19,20)(H2,17,18,21). The summed E-state index contributed by atoms with van der Waals surface area (Å²) in [5, 5.41) is 14.6. The van der Waals surface area contributed by atoms with Crippen molar-refractivity contribution in [1.29, 1.82) is 0 Å². The molecule has 0 aliphatic heterocycles. The van der Waals surface area contributed by atoms with Gasteiger partial charge in [0.05, 0.1) is 5.56 Å². The van der Waals surface area contributed by atoms with E-state index in [1.54, 1.807) is 19.1 Å². The van der Waals surface area contributed by atoms with Crippen molar-refractivity contribution >= 4 is 17.7 Å². The molecule has 5 nitrogen and oxygen atoms in total. The topological polar surface area (TPSA) is 78.4 Å². The van der Waals surface area contributed by atoms with E-state index in [-0.39, 0.29) is 11.6 Å². The largest absolute Gasteiger partial charge is 0.478 e. The van der Waals surface area contributed by atoms with Crippen LogP contribution in [0.1, 0.15) is 42.1 Å². The minimum Gasteiger partial charge on any atom is -0.478 e. The lowest BCUT2D eigenvalue weighted by atomic mass is 9.98. The zero-order valence-corrected chi connectivity index (χ0v) is 12.5. The van der Waals surface area contributed by atoms with Gasteiger partial charge in [-0.1, -0.05) is 25.8 Å². The number of benzene rings is 1. The van der Waals surface area contributed by atoms with Gasteiger partial charge in [0.25, 0.3) is 0 Å². The molecule has 1 aromatic carbocycles. The van der Waals surface area contributed by atoms with Gasteiger partial charge in [-0.3, -0.25) is 0 Å². The lowest BCUT2D eigenvalue weighted by Gasteiger charge is -2.16. The summed E-state index contributed by atoms with van der Waals surface area (Å²) in [5.41, 5.74) is 1.38. The average Bonchev–Trinajstić information content (AvgIpc) is 2.84. The van der Waals surface area contributed by atoms with Gasteiger partial charge in [0, 0.05) is 12.2 Å². The fourth-order valence-electron chi connectivity index (χ4n) is 2.85. The number of hydrogen-bond donors (Lipinski definition) is 3. The third kappa shape index (κ3) is 3.97. The van der Waals surface area contributed by atoms with Gasteiger partial charge in [-0.05, 0) is 42.9 Å². The van der Waals surface area contributed by atoms with Gasteiger partial charge in [-0.25, -0.2) is 9.59 Å². The summed E-state index contributed by atoms with van der Waals surface area (Å²) < 4.78 is 0. The first kappa shape index (κ1) is 15.4. The summed E-state index contributed by atoms with van der Waals surface area (Å²) in [4.78, 5) is 22.9. The first-order valence-electron chi connectivity index (χ1n) is 7.36. The van der Waals surface area contributed by atoms with Crippen LogP contribution in [0.25, 0.3) is 0 Å². The second kappa shape index (κ2) is 6.61. The fourth-order valence-corrected chi connectivity index (χ4v) is 2.85. The van der Waals surface area contributed by atoms with Crippen LogP contribution in [0.3, 0.4) is 0 Å². The van der Waals surface area contributed by atoms with E-state index in [0.717, 1.165) is 6.42 Å². The maximum absolute atomic E-state index is 11.9. The van der Waals surface area contributed by atoms with Crippen LogP contribution < -0.4 is 10.6 Å². The molecule has 1 fully saturated rings. The number of aryl methyl sites for hydroxylation is 1. The van der Waals surface area contributed by atoms with Crippen molar-refractivity contribution in [2.24, 2.45) is 11.8 Å². The number of carboxylic acids is 1. The van der Waals surface area contributed by atoms with E-state index in [1.165, 1.54) is 18.9 Å². The molecule has 1 saturated carbocycles. The molecule has 21 heavy (non-hydrogen) atoms. The highest BCUT2D eigenvalue weighted by Gasteiger charge is 2.23. The number of carbonyl (C=O) groups excluding carboxylic acids is 1. The molecule has 3 N–H and O–H groups in total. The molecule has 114 valence electrons. The lowest BCUT2D eigenvalue weighted by Crippen LogP contribution is -2.33. The Morgan fingerprint density at radius 3 is 2.71 bits per heavy atom. The predicted octanol–water partition coefficient (Wildman–Crippen LogP) is 3.25. The zero-order valence-electron chi connectivity index (χ0n) is 12.5. The number of nitrogens with one attached hydrogen (secondary N) is 2. The number of carboxylic acid groups (broad SMARTS) is 1. The lowest BCUT2D eigenvalue weighted by molar-refractivity contribution is 0.0696. The number of aromatic carboxylic acids is 1. The molecular formula is C16H22N2O3. The molecule has 2 amide bonds. The number of hydrogen-bond acceptors (Lipinski definition) is 2. The molecule has 0 saturated heterocycles. The monoisotopic (exact) mass is 290 g/mol. The van der Waals surface area contributed by atoms with Gasteiger partial charge in [-0.15, -0.1) is 0 Å². The molecule has 5 heteroatoms. The minimum absolute atomic E-state index is 0.206. The molecule has 0 heterocycles. The smallest absolute Gasteiger partial charge is 0.336 e.